The minimum Gasteiger partial charge on any atom is -0.448 e. The van der Waals surface area contributed by atoms with Gasteiger partial charge in [0.2, 0.25) is 0 Å². The molecule has 0 bridgehead atoms. The third-order valence-corrected chi connectivity index (χ3v) is 6.66. The molecular weight excluding hydrogens is 498 g/mol. The monoisotopic (exact) mass is 523 g/mol. The number of non-ortho nitro benzene ring substituents is 1. The number of alkyl carbamates (subject to hydrolysis) is 1. The molecule has 1 aliphatic rings. The molecule has 0 aliphatic heterocycles. The number of amides is 2. The Kier molecular flexibility index (Phi) is 6.96. The lowest BCUT2D eigenvalue weighted by Gasteiger charge is -2.31. The molecule has 196 valence electrons. The number of nitrogens with zero attached hydrogens (tertiary/aromatic N) is 1. The van der Waals surface area contributed by atoms with E-state index in [2.05, 4.69) is 22.8 Å². The van der Waals surface area contributed by atoms with E-state index >= 15 is 0 Å². The molecule has 4 aromatic rings. The number of nitro benzene ring substituents is 1. The second-order valence-electron chi connectivity index (χ2n) is 9.21. The van der Waals surface area contributed by atoms with E-state index in [-0.39, 0.29) is 24.0 Å². The molecule has 0 saturated carbocycles. The maximum atomic E-state index is 13.1. The van der Waals surface area contributed by atoms with Crippen molar-refractivity contribution in [2.75, 3.05) is 6.61 Å². The van der Waals surface area contributed by atoms with Gasteiger partial charge in [0.25, 0.3) is 5.69 Å². The number of carbonyl (C=O) groups excluding carboxylic acids is 2. The summed E-state index contributed by atoms with van der Waals surface area (Å²) < 4.78 is 11.0. The lowest BCUT2D eigenvalue weighted by Crippen LogP contribution is -2.56. The van der Waals surface area contributed by atoms with Gasteiger partial charge in [0.1, 0.15) is 18.0 Å². The molecule has 0 fully saturated rings. The molecule has 1 unspecified atom stereocenters. The molecule has 0 heterocycles. The molecule has 2 amide bonds. The minimum atomic E-state index is -1.39. The van der Waals surface area contributed by atoms with E-state index in [0.717, 1.165) is 22.3 Å². The molecule has 9 nitrogen and oxygen atoms in total. The molecule has 1 aliphatic carbocycles. The molecule has 0 spiro atoms. The first-order chi connectivity index (χ1) is 18.8. The van der Waals surface area contributed by atoms with E-state index in [1.165, 1.54) is 24.3 Å². The van der Waals surface area contributed by atoms with Gasteiger partial charge in [-0.15, -0.1) is 0 Å². The third-order valence-electron chi connectivity index (χ3n) is 6.66. The minimum absolute atomic E-state index is 0.106. The van der Waals surface area contributed by atoms with Crippen molar-refractivity contribution in [2.45, 2.75) is 18.5 Å². The summed E-state index contributed by atoms with van der Waals surface area (Å²) >= 11 is 0. The van der Waals surface area contributed by atoms with E-state index in [9.17, 15) is 19.7 Å². The first kappa shape index (κ1) is 25.5. The number of nitrogens with one attached hydrogen (secondary N) is 2. The highest BCUT2D eigenvalue weighted by molar-refractivity contribution is 5.79. The van der Waals surface area contributed by atoms with Gasteiger partial charge in [-0.25, -0.2) is 9.59 Å². The normalized spacial score (nSPS) is 13.4. The third kappa shape index (κ3) is 5.42. The Hall–Kier alpha value is -5.18. The number of hydrogen-bond donors (Lipinski definition) is 2. The van der Waals surface area contributed by atoms with E-state index in [0.29, 0.717) is 5.56 Å². The Balaban J connectivity index is 1.29. The standard InChI is InChI=1S/C30H25N3O6/c1-30(20-9-3-2-4-10-20,32-29(35)39-22-17-15-21(16-18-22)33(36)37)31-28(34)38-19-27-25-13-7-5-11-23(25)24-12-6-8-14-26(24)27/h2-18,27H,19H2,1H3,(H,31,34)(H,32,35). The average Bonchev–Trinajstić information content (AvgIpc) is 3.26. The van der Waals surface area contributed by atoms with Crippen LogP contribution >= 0.6 is 0 Å². The zero-order valence-corrected chi connectivity index (χ0v) is 21.0. The number of carbonyl (C=O) groups is 2. The van der Waals surface area contributed by atoms with Gasteiger partial charge in [0.15, 0.2) is 0 Å². The van der Waals surface area contributed by atoms with E-state index in [1.807, 2.05) is 42.5 Å². The number of fused-ring (bicyclic) bond motifs is 3. The fraction of sp³-hybridized carbons (Fsp3) is 0.133. The molecular formula is C30H25N3O6. The van der Waals surface area contributed by atoms with Gasteiger partial charge >= 0.3 is 12.2 Å². The first-order valence-electron chi connectivity index (χ1n) is 12.3. The number of benzene rings is 4. The van der Waals surface area contributed by atoms with Crippen LogP contribution in [-0.4, -0.2) is 23.7 Å². The lowest BCUT2D eigenvalue weighted by atomic mass is 9.98. The van der Waals surface area contributed by atoms with Gasteiger partial charge in [-0.3, -0.25) is 20.7 Å². The molecule has 0 radical (unpaired) electrons. The summed E-state index contributed by atoms with van der Waals surface area (Å²) in [5, 5.41) is 16.3. The summed E-state index contributed by atoms with van der Waals surface area (Å²) in [6.45, 7) is 1.72. The molecule has 2 N–H and O–H groups in total. The van der Waals surface area contributed by atoms with Crippen LogP contribution in [0.1, 0.15) is 29.5 Å². The van der Waals surface area contributed by atoms with Crippen molar-refractivity contribution in [1.82, 2.24) is 10.6 Å². The topological polar surface area (TPSA) is 120 Å². The van der Waals surface area contributed by atoms with Crippen molar-refractivity contribution in [1.29, 1.82) is 0 Å². The fourth-order valence-corrected chi connectivity index (χ4v) is 4.76. The highest BCUT2D eigenvalue weighted by Gasteiger charge is 2.34. The highest BCUT2D eigenvalue weighted by atomic mass is 16.6. The number of rotatable bonds is 7. The van der Waals surface area contributed by atoms with Crippen LogP contribution in [0.5, 0.6) is 5.75 Å². The molecule has 5 rings (SSSR count). The summed E-state index contributed by atoms with van der Waals surface area (Å²) in [5.74, 6) is -0.0131. The molecule has 0 aromatic heterocycles. The van der Waals surface area contributed by atoms with Crippen LogP contribution in [0.15, 0.2) is 103 Å². The number of nitro groups is 1. The zero-order valence-electron chi connectivity index (χ0n) is 21.0. The van der Waals surface area contributed by atoms with Gasteiger partial charge in [0, 0.05) is 18.1 Å². The SMILES string of the molecule is CC(NC(=O)OCC1c2ccccc2-c2ccccc21)(NC(=O)Oc1ccc([N+](=O)[O-])cc1)c1ccccc1. The lowest BCUT2D eigenvalue weighted by molar-refractivity contribution is -0.384. The summed E-state index contributed by atoms with van der Waals surface area (Å²) in [7, 11) is 0. The number of ether oxygens (including phenoxy) is 2. The van der Waals surface area contributed by atoms with Crippen LogP contribution in [0.25, 0.3) is 11.1 Å². The van der Waals surface area contributed by atoms with Crippen molar-refractivity contribution in [3.63, 3.8) is 0 Å². The Bertz CT molecular complexity index is 1480. The van der Waals surface area contributed by atoms with Gasteiger partial charge in [0.05, 0.1) is 4.92 Å². The van der Waals surface area contributed by atoms with Crippen LogP contribution in [0, 0.1) is 10.1 Å². The summed E-state index contributed by atoms with van der Waals surface area (Å²) in [4.78, 5) is 36.2. The summed E-state index contributed by atoms with van der Waals surface area (Å²) in [6.07, 6.45) is -1.59. The predicted molar refractivity (Wildman–Crippen MR) is 144 cm³/mol. The van der Waals surface area contributed by atoms with Crippen LogP contribution in [-0.2, 0) is 10.4 Å². The Morgan fingerprint density at radius 2 is 1.33 bits per heavy atom. The Labute approximate surface area is 224 Å². The van der Waals surface area contributed by atoms with Crippen LogP contribution in [0.3, 0.4) is 0 Å². The second-order valence-corrected chi connectivity index (χ2v) is 9.21. The van der Waals surface area contributed by atoms with Crippen molar-refractivity contribution >= 4 is 17.9 Å². The summed E-state index contributed by atoms with van der Waals surface area (Å²) in [6, 6.07) is 30.0. The quantitative estimate of drug-likeness (QED) is 0.172. The largest absolute Gasteiger partial charge is 0.448 e. The van der Waals surface area contributed by atoms with Gasteiger partial charge < -0.3 is 9.47 Å². The van der Waals surface area contributed by atoms with E-state index in [4.69, 9.17) is 9.47 Å². The van der Waals surface area contributed by atoms with E-state index in [1.54, 1.807) is 31.2 Å². The van der Waals surface area contributed by atoms with Crippen molar-refractivity contribution in [3.05, 3.63) is 130 Å². The van der Waals surface area contributed by atoms with Crippen molar-refractivity contribution < 1.29 is 24.0 Å². The van der Waals surface area contributed by atoms with Gasteiger partial charge in [-0.1, -0.05) is 78.9 Å². The molecule has 39 heavy (non-hydrogen) atoms. The average molecular weight is 524 g/mol. The fourth-order valence-electron chi connectivity index (χ4n) is 4.76. The smallest absolute Gasteiger partial charge is 0.414 e. The van der Waals surface area contributed by atoms with Crippen molar-refractivity contribution in [2.24, 2.45) is 0 Å². The van der Waals surface area contributed by atoms with Gasteiger partial charge in [-0.05, 0) is 46.9 Å². The molecule has 1 atom stereocenters. The van der Waals surface area contributed by atoms with Crippen molar-refractivity contribution in [3.8, 4) is 16.9 Å². The van der Waals surface area contributed by atoms with Gasteiger partial charge in [-0.2, -0.15) is 0 Å². The maximum Gasteiger partial charge on any atom is 0.414 e. The summed E-state index contributed by atoms with van der Waals surface area (Å²) in [5.41, 5.74) is 3.47. The maximum absolute atomic E-state index is 13.1. The highest BCUT2D eigenvalue weighted by Crippen LogP contribution is 2.44. The Morgan fingerprint density at radius 1 is 0.795 bits per heavy atom. The van der Waals surface area contributed by atoms with Crippen LogP contribution in [0.4, 0.5) is 15.3 Å². The van der Waals surface area contributed by atoms with E-state index < -0.39 is 22.8 Å². The van der Waals surface area contributed by atoms with Crippen LogP contribution < -0.4 is 15.4 Å². The molecule has 9 heteroatoms. The molecule has 0 saturated heterocycles. The number of hydrogen-bond acceptors (Lipinski definition) is 6. The second kappa shape index (κ2) is 10.7. The molecule has 4 aromatic carbocycles. The predicted octanol–water partition coefficient (Wildman–Crippen LogP) is 6.09. The zero-order chi connectivity index (χ0) is 27.4. The van der Waals surface area contributed by atoms with Crippen LogP contribution in [0.2, 0.25) is 0 Å². The Morgan fingerprint density at radius 3 is 1.92 bits per heavy atom. The first-order valence-corrected chi connectivity index (χ1v) is 12.3.